The zero-order chi connectivity index (χ0) is 23.5. The van der Waals surface area contributed by atoms with Gasteiger partial charge < -0.3 is 14.4 Å². The van der Waals surface area contributed by atoms with Crippen molar-refractivity contribution in [1.82, 2.24) is 4.90 Å². The minimum atomic E-state index is 0.210. The lowest BCUT2D eigenvalue weighted by molar-refractivity contribution is 0.261. The van der Waals surface area contributed by atoms with Gasteiger partial charge in [0, 0.05) is 6.54 Å². The van der Waals surface area contributed by atoms with Crippen LogP contribution in [0.5, 0.6) is 11.5 Å². The van der Waals surface area contributed by atoms with E-state index in [0.717, 1.165) is 37.7 Å². The Bertz CT molecular complexity index is 720. The van der Waals surface area contributed by atoms with Crippen molar-refractivity contribution < 1.29 is 9.47 Å². The highest BCUT2D eigenvalue weighted by atomic mass is 16.5. The molecule has 0 atom stereocenters. The Hall–Kier alpha value is -2.00. The molecule has 174 valence electrons. The normalized spacial score (nSPS) is 11.7. The summed E-state index contributed by atoms with van der Waals surface area (Å²) < 4.78 is 11.3. The number of benzene rings is 2. The molecule has 0 saturated heterocycles. The molecule has 0 amide bonds. The van der Waals surface area contributed by atoms with Crippen LogP contribution in [0.25, 0.3) is 0 Å². The fourth-order valence-corrected chi connectivity index (χ4v) is 2.78. The van der Waals surface area contributed by atoms with E-state index >= 15 is 0 Å². The molecule has 0 fully saturated rings. The quantitative estimate of drug-likeness (QED) is 0.420. The van der Waals surface area contributed by atoms with Gasteiger partial charge in [-0.3, -0.25) is 0 Å². The number of hydrogen-bond donors (Lipinski definition) is 0. The van der Waals surface area contributed by atoms with Gasteiger partial charge in [-0.25, -0.2) is 0 Å². The van der Waals surface area contributed by atoms with Crippen LogP contribution >= 0.6 is 0 Å². The van der Waals surface area contributed by atoms with Gasteiger partial charge in [0.1, 0.15) is 18.1 Å². The van der Waals surface area contributed by atoms with E-state index in [1.807, 2.05) is 14.1 Å². The van der Waals surface area contributed by atoms with Gasteiger partial charge in [0.25, 0.3) is 0 Å². The summed E-state index contributed by atoms with van der Waals surface area (Å²) in [5.41, 5.74) is 3.13. The summed E-state index contributed by atoms with van der Waals surface area (Å²) in [6.07, 6.45) is 2.31. The Morgan fingerprint density at radius 2 is 1.03 bits per heavy atom. The van der Waals surface area contributed by atoms with Crippen molar-refractivity contribution in [3.63, 3.8) is 0 Å². The molecule has 0 radical (unpaired) electrons. The van der Waals surface area contributed by atoms with Gasteiger partial charge in [0.05, 0.1) is 6.61 Å². The van der Waals surface area contributed by atoms with Crippen molar-refractivity contribution in [3.8, 4) is 11.5 Å². The van der Waals surface area contributed by atoms with Gasteiger partial charge in [0.15, 0.2) is 0 Å². The Balaban J connectivity index is 0.000000311. The molecule has 2 rings (SSSR count). The van der Waals surface area contributed by atoms with E-state index in [1.165, 1.54) is 17.5 Å². The van der Waals surface area contributed by atoms with Crippen molar-refractivity contribution >= 4 is 0 Å². The monoisotopic (exact) mass is 427 g/mol. The molecule has 3 heteroatoms. The Morgan fingerprint density at radius 3 is 1.35 bits per heavy atom. The summed E-state index contributed by atoms with van der Waals surface area (Å²) in [7, 11) is 4.10. The van der Waals surface area contributed by atoms with Crippen LogP contribution in [0.15, 0.2) is 48.5 Å². The molecule has 3 nitrogen and oxygen atoms in total. The van der Waals surface area contributed by atoms with E-state index in [4.69, 9.17) is 9.47 Å². The Labute approximate surface area is 191 Å². The van der Waals surface area contributed by atoms with Crippen LogP contribution in [0.1, 0.15) is 72.4 Å². The van der Waals surface area contributed by atoms with Crippen LogP contribution in [0, 0.1) is 0 Å². The second kappa shape index (κ2) is 12.8. The Kier molecular flexibility index (Phi) is 11.1. The van der Waals surface area contributed by atoms with Crippen molar-refractivity contribution in [3.05, 3.63) is 59.7 Å². The first-order valence-corrected chi connectivity index (χ1v) is 11.5. The van der Waals surface area contributed by atoms with Crippen molar-refractivity contribution in [2.24, 2.45) is 0 Å². The van der Waals surface area contributed by atoms with E-state index in [0.29, 0.717) is 0 Å². The molecule has 0 aliphatic heterocycles. The van der Waals surface area contributed by atoms with Crippen LogP contribution in [-0.2, 0) is 10.8 Å². The fraction of sp³-hybridized carbons (Fsp3) is 0.571. The lowest BCUT2D eigenvalue weighted by Gasteiger charge is -2.19. The number of likely N-dealkylation sites (N-methyl/N-ethyl adjacent to an activating group) is 1. The van der Waals surface area contributed by atoms with E-state index < -0.39 is 0 Å². The molecule has 0 unspecified atom stereocenters. The van der Waals surface area contributed by atoms with Gasteiger partial charge >= 0.3 is 0 Å². The van der Waals surface area contributed by atoms with Crippen LogP contribution < -0.4 is 9.47 Å². The molecule has 0 bridgehead atoms. The molecule has 0 aliphatic rings. The number of hydrogen-bond acceptors (Lipinski definition) is 3. The second-order valence-electron chi connectivity index (χ2n) is 10.4. The summed E-state index contributed by atoms with van der Waals surface area (Å²) in [6, 6.07) is 16.8. The largest absolute Gasteiger partial charge is 0.494 e. The molecule has 0 aliphatic carbocycles. The molecule has 2 aromatic rings. The lowest BCUT2D eigenvalue weighted by atomic mass is 9.87. The van der Waals surface area contributed by atoms with Crippen molar-refractivity contribution in [1.29, 1.82) is 0 Å². The average molecular weight is 428 g/mol. The number of unbranched alkanes of at least 4 members (excludes halogenated alkanes) is 1. The standard InChI is InChI=1S/C14H23NO.C14H22O/c1-14(2,3)12-6-8-13(9-7-12)16-11-10-15(4)5;1-5-6-11-15-13-9-7-12(8-10-13)14(2,3)4/h6-9H,10-11H2,1-5H3;7-10H,5-6,11H2,1-4H3. The van der Waals surface area contributed by atoms with Gasteiger partial charge in [-0.2, -0.15) is 0 Å². The molecular formula is C28H45NO2. The molecule has 0 saturated carbocycles. The van der Waals surface area contributed by atoms with Gasteiger partial charge in [-0.15, -0.1) is 0 Å². The summed E-state index contributed by atoms with van der Waals surface area (Å²) in [5.74, 6) is 1.94. The maximum atomic E-state index is 5.64. The third-order valence-electron chi connectivity index (χ3n) is 5.01. The lowest BCUT2D eigenvalue weighted by Crippen LogP contribution is -2.19. The highest BCUT2D eigenvalue weighted by Crippen LogP contribution is 2.25. The van der Waals surface area contributed by atoms with Crippen LogP contribution in [0.3, 0.4) is 0 Å². The third kappa shape index (κ3) is 11.3. The van der Waals surface area contributed by atoms with E-state index in [9.17, 15) is 0 Å². The van der Waals surface area contributed by atoms with Crippen molar-refractivity contribution in [2.75, 3.05) is 33.9 Å². The minimum Gasteiger partial charge on any atom is -0.494 e. The smallest absolute Gasteiger partial charge is 0.119 e. The van der Waals surface area contributed by atoms with Gasteiger partial charge in [0.2, 0.25) is 0 Å². The first kappa shape index (κ1) is 27.0. The summed E-state index contributed by atoms with van der Waals surface area (Å²) in [4.78, 5) is 2.11. The fourth-order valence-electron chi connectivity index (χ4n) is 2.78. The average Bonchev–Trinajstić information content (AvgIpc) is 2.68. The van der Waals surface area contributed by atoms with Gasteiger partial charge in [-0.1, -0.05) is 79.2 Å². The zero-order valence-electron chi connectivity index (χ0n) is 21.4. The van der Waals surface area contributed by atoms with Crippen LogP contribution in [0.4, 0.5) is 0 Å². The van der Waals surface area contributed by atoms with Crippen molar-refractivity contribution in [2.45, 2.75) is 72.1 Å². The van der Waals surface area contributed by atoms with Crippen LogP contribution in [-0.4, -0.2) is 38.8 Å². The number of ether oxygens (including phenoxy) is 2. The summed E-state index contributed by atoms with van der Waals surface area (Å²) in [5, 5.41) is 0. The summed E-state index contributed by atoms with van der Waals surface area (Å²) in [6.45, 7) is 18.0. The van der Waals surface area contributed by atoms with Gasteiger partial charge in [-0.05, 0) is 66.7 Å². The van der Waals surface area contributed by atoms with Crippen LogP contribution in [0.2, 0.25) is 0 Å². The highest BCUT2D eigenvalue weighted by molar-refractivity contribution is 5.31. The molecule has 2 aromatic carbocycles. The molecule has 0 N–H and O–H groups in total. The maximum Gasteiger partial charge on any atom is 0.119 e. The van der Waals surface area contributed by atoms with E-state index in [-0.39, 0.29) is 10.8 Å². The SMILES string of the molecule is CCCCOc1ccc(C(C)(C)C)cc1.CN(C)CCOc1ccc(C(C)(C)C)cc1. The molecular weight excluding hydrogens is 382 g/mol. The minimum absolute atomic E-state index is 0.210. The predicted octanol–water partition coefficient (Wildman–Crippen LogP) is 7.09. The zero-order valence-corrected chi connectivity index (χ0v) is 21.4. The predicted molar refractivity (Wildman–Crippen MR) is 135 cm³/mol. The molecule has 0 spiro atoms. The number of nitrogens with zero attached hydrogens (tertiary/aromatic N) is 1. The molecule has 31 heavy (non-hydrogen) atoms. The second-order valence-corrected chi connectivity index (χ2v) is 10.4. The Morgan fingerprint density at radius 1 is 0.645 bits per heavy atom. The topological polar surface area (TPSA) is 21.7 Å². The third-order valence-corrected chi connectivity index (χ3v) is 5.01. The number of rotatable bonds is 8. The first-order valence-electron chi connectivity index (χ1n) is 11.5. The maximum absolute atomic E-state index is 5.64. The first-order chi connectivity index (χ1) is 14.4. The highest BCUT2D eigenvalue weighted by Gasteiger charge is 2.13. The molecule has 0 aromatic heterocycles. The summed E-state index contributed by atoms with van der Waals surface area (Å²) >= 11 is 0. The molecule has 0 heterocycles. The van der Waals surface area contributed by atoms with E-state index in [2.05, 4.69) is 102 Å². The van der Waals surface area contributed by atoms with E-state index in [1.54, 1.807) is 0 Å².